The lowest BCUT2D eigenvalue weighted by atomic mass is 10.2. The third-order valence-electron chi connectivity index (χ3n) is 4.45. The Balaban J connectivity index is 1.44. The van der Waals surface area contributed by atoms with Gasteiger partial charge in [0.15, 0.2) is 0 Å². The number of hydrogen-bond acceptors (Lipinski definition) is 4. The van der Waals surface area contributed by atoms with Crippen molar-refractivity contribution in [1.82, 2.24) is 5.32 Å². The van der Waals surface area contributed by atoms with E-state index in [0.717, 1.165) is 27.5 Å². The Morgan fingerprint density at radius 3 is 2.17 bits per heavy atom. The summed E-state index contributed by atoms with van der Waals surface area (Å²) < 4.78 is 23.8. The molecule has 0 aliphatic rings. The molecule has 1 amide bonds. The van der Waals surface area contributed by atoms with Crippen molar-refractivity contribution in [2.75, 3.05) is 7.11 Å². The highest BCUT2D eigenvalue weighted by atomic mass is 32.2. The molecule has 6 heteroatoms. The zero-order chi connectivity index (χ0) is 21.3. The predicted octanol–water partition coefficient (Wildman–Crippen LogP) is 5.21. The third-order valence-corrected chi connectivity index (χ3v) is 5.56. The average Bonchev–Trinajstić information content (AvgIpc) is 2.78. The van der Waals surface area contributed by atoms with E-state index in [1.807, 2.05) is 55.5 Å². The Labute approximate surface area is 180 Å². The van der Waals surface area contributed by atoms with Crippen LogP contribution in [0.25, 0.3) is 0 Å². The summed E-state index contributed by atoms with van der Waals surface area (Å²) in [6, 6.07) is 21.4. The van der Waals surface area contributed by atoms with Crippen LogP contribution in [-0.2, 0) is 17.9 Å². The molecule has 4 nitrogen and oxygen atoms in total. The molecule has 1 atom stereocenters. The van der Waals surface area contributed by atoms with Gasteiger partial charge in [-0.25, -0.2) is 4.39 Å². The number of carbonyl (C=O) groups is 1. The Kier molecular flexibility index (Phi) is 7.74. The number of thioether (sulfide) groups is 1. The number of benzene rings is 3. The number of nitrogens with one attached hydrogen (secondary N) is 1. The van der Waals surface area contributed by atoms with Gasteiger partial charge in [-0.1, -0.05) is 24.3 Å². The normalized spacial score (nSPS) is 11.6. The van der Waals surface area contributed by atoms with Crippen molar-refractivity contribution in [1.29, 1.82) is 0 Å². The van der Waals surface area contributed by atoms with E-state index in [2.05, 4.69) is 5.32 Å². The molecular weight excluding hydrogens is 401 g/mol. The van der Waals surface area contributed by atoms with Crippen molar-refractivity contribution in [3.05, 3.63) is 89.7 Å². The van der Waals surface area contributed by atoms with Crippen LogP contribution in [0.3, 0.4) is 0 Å². The smallest absolute Gasteiger partial charge is 0.233 e. The van der Waals surface area contributed by atoms with Gasteiger partial charge in [0.1, 0.15) is 23.9 Å². The molecule has 156 valence electrons. The van der Waals surface area contributed by atoms with E-state index in [9.17, 15) is 9.18 Å². The summed E-state index contributed by atoms with van der Waals surface area (Å²) in [4.78, 5) is 13.4. The van der Waals surface area contributed by atoms with Gasteiger partial charge in [0.05, 0.1) is 12.4 Å². The number of halogens is 1. The van der Waals surface area contributed by atoms with Crippen molar-refractivity contribution >= 4 is 17.7 Å². The maximum atomic E-state index is 12.9. The minimum absolute atomic E-state index is 0.0209. The van der Waals surface area contributed by atoms with Crippen LogP contribution in [0.4, 0.5) is 4.39 Å². The van der Waals surface area contributed by atoms with E-state index in [0.29, 0.717) is 13.2 Å². The topological polar surface area (TPSA) is 47.6 Å². The van der Waals surface area contributed by atoms with Crippen molar-refractivity contribution in [2.45, 2.75) is 30.2 Å². The first-order valence-electron chi connectivity index (χ1n) is 9.58. The fourth-order valence-electron chi connectivity index (χ4n) is 2.70. The first kappa shape index (κ1) is 21.7. The molecule has 30 heavy (non-hydrogen) atoms. The fraction of sp³-hybridized carbons (Fsp3) is 0.208. The molecule has 0 aromatic heterocycles. The lowest BCUT2D eigenvalue weighted by molar-refractivity contribution is -0.120. The molecule has 3 aromatic rings. The van der Waals surface area contributed by atoms with Crippen LogP contribution < -0.4 is 14.8 Å². The molecule has 0 unspecified atom stereocenters. The van der Waals surface area contributed by atoms with Crippen molar-refractivity contribution in [3.63, 3.8) is 0 Å². The molecule has 0 bridgehead atoms. The number of amides is 1. The Morgan fingerprint density at radius 2 is 1.53 bits per heavy atom. The van der Waals surface area contributed by atoms with E-state index in [-0.39, 0.29) is 17.0 Å². The number of carbonyl (C=O) groups excluding carboxylic acids is 1. The van der Waals surface area contributed by atoms with Crippen LogP contribution in [-0.4, -0.2) is 18.3 Å². The molecule has 0 saturated carbocycles. The number of methoxy groups -OCH3 is 1. The van der Waals surface area contributed by atoms with Crippen LogP contribution in [0, 0.1) is 5.82 Å². The Hall–Kier alpha value is -2.99. The zero-order valence-corrected chi connectivity index (χ0v) is 17.7. The van der Waals surface area contributed by atoms with Gasteiger partial charge >= 0.3 is 0 Å². The lowest BCUT2D eigenvalue weighted by Gasteiger charge is -2.13. The standard InChI is InChI=1S/C24H24FNO3S/c1-17(30-23-13-11-21(28-2)12-14-23)24(27)26-15-18-5-9-22(10-6-18)29-16-19-3-7-20(25)8-4-19/h3-14,17H,15-16H2,1-2H3,(H,26,27)/t17-/m0/s1. The maximum absolute atomic E-state index is 12.9. The van der Waals surface area contributed by atoms with Crippen molar-refractivity contribution in [2.24, 2.45) is 0 Å². The maximum Gasteiger partial charge on any atom is 0.233 e. The molecule has 1 N–H and O–H groups in total. The van der Waals surface area contributed by atoms with E-state index in [4.69, 9.17) is 9.47 Å². The first-order chi connectivity index (χ1) is 14.5. The molecule has 0 aliphatic heterocycles. The third kappa shape index (κ3) is 6.52. The minimum Gasteiger partial charge on any atom is -0.497 e. The second-order valence-corrected chi connectivity index (χ2v) is 8.13. The monoisotopic (exact) mass is 425 g/mol. The molecular formula is C24H24FNO3S. The van der Waals surface area contributed by atoms with E-state index in [1.54, 1.807) is 19.2 Å². The van der Waals surface area contributed by atoms with Crippen molar-refractivity contribution < 1.29 is 18.7 Å². The highest BCUT2D eigenvalue weighted by molar-refractivity contribution is 8.00. The van der Waals surface area contributed by atoms with Gasteiger partial charge in [-0.2, -0.15) is 0 Å². The van der Waals surface area contributed by atoms with Crippen LogP contribution in [0.5, 0.6) is 11.5 Å². The summed E-state index contributed by atoms with van der Waals surface area (Å²) in [6.45, 7) is 2.71. The van der Waals surface area contributed by atoms with Gasteiger partial charge in [0.2, 0.25) is 5.91 Å². The van der Waals surface area contributed by atoms with Crippen LogP contribution in [0.2, 0.25) is 0 Å². The van der Waals surface area contributed by atoms with Crippen molar-refractivity contribution in [3.8, 4) is 11.5 Å². The lowest BCUT2D eigenvalue weighted by Crippen LogP contribution is -2.30. The van der Waals surface area contributed by atoms with Gasteiger partial charge in [0.25, 0.3) is 0 Å². The molecule has 0 aliphatic carbocycles. The highest BCUT2D eigenvalue weighted by Gasteiger charge is 2.14. The van der Waals surface area contributed by atoms with Gasteiger partial charge in [-0.15, -0.1) is 11.8 Å². The van der Waals surface area contributed by atoms with Gasteiger partial charge in [-0.3, -0.25) is 4.79 Å². The summed E-state index contributed by atoms with van der Waals surface area (Å²) in [6.07, 6.45) is 0. The zero-order valence-electron chi connectivity index (χ0n) is 16.9. The van der Waals surface area contributed by atoms with Crippen LogP contribution in [0.15, 0.2) is 77.7 Å². The fourth-order valence-corrected chi connectivity index (χ4v) is 3.59. The summed E-state index contributed by atoms with van der Waals surface area (Å²) in [5, 5.41) is 2.75. The van der Waals surface area contributed by atoms with Crippen LogP contribution >= 0.6 is 11.8 Å². The van der Waals surface area contributed by atoms with Gasteiger partial charge in [0, 0.05) is 11.4 Å². The second-order valence-electron chi connectivity index (χ2n) is 6.71. The van der Waals surface area contributed by atoms with Gasteiger partial charge in [-0.05, 0) is 66.6 Å². The summed E-state index contributed by atoms with van der Waals surface area (Å²) in [7, 11) is 1.63. The van der Waals surface area contributed by atoms with E-state index < -0.39 is 0 Å². The molecule has 3 aromatic carbocycles. The molecule has 0 fully saturated rings. The summed E-state index contributed by atoms with van der Waals surface area (Å²) in [5.41, 5.74) is 1.88. The molecule has 3 rings (SSSR count). The van der Waals surface area contributed by atoms with Crippen LogP contribution in [0.1, 0.15) is 18.1 Å². The molecule has 0 saturated heterocycles. The Morgan fingerprint density at radius 1 is 0.933 bits per heavy atom. The minimum atomic E-state index is -0.262. The molecule has 0 spiro atoms. The van der Waals surface area contributed by atoms with E-state index >= 15 is 0 Å². The summed E-state index contributed by atoms with van der Waals surface area (Å²) >= 11 is 1.50. The van der Waals surface area contributed by atoms with E-state index in [1.165, 1.54) is 23.9 Å². The number of rotatable bonds is 9. The number of ether oxygens (including phenoxy) is 2. The predicted molar refractivity (Wildman–Crippen MR) is 117 cm³/mol. The quantitative estimate of drug-likeness (QED) is 0.478. The molecule has 0 heterocycles. The van der Waals surface area contributed by atoms with Gasteiger partial charge < -0.3 is 14.8 Å². The Bertz CT molecular complexity index is 944. The average molecular weight is 426 g/mol. The summed E-state index contributed by atoms with van der Waals surface area (Å²) in [5.74, 6) is 1.23. The second kappa shape index (κ2) is 10.7. The largest absolute Gasteiger partial charge is 0.497 e. The molecule has 0 radical (unpaired) electrons. The first-order valence-corrected chi connectivity index (χ1v) is 10.5. The SMILES string of the molecule is COc1ccc(S[C@@H](C)C(=O)NCc2ccc(OCc3ccc(F)cc3)cc2)cc1. The number of hydrogen-bond donors (Lipinski definition) is 1. The highest BCUT2D eigenvalue weighted by Crippen LogP contribution is 2.25.